The zero-order chi connectivity index (χ0) is 57.8. The molecule has 0 spiro atoms. The van der Waals surface area contributed by atoms with Gasteiger partial charge in [-0.1, -0.05) is 386 Å². The Morgan fingerprint density at radius 3 is 0.608 bits per heavy atom. The topological polar surface area (TPSA) is 18.5 Å². The second-order valence-corrected chi connectivity index (χ2v) is 32.6. The monoisotopic (exact) mass is 1510 g/mol. The fourth-order valence-corrected chi connectivity index (χ4v) is 14.0. The summed E-state index contributed by atoms with van der Waals surface area (Å²) in [4.78, 5) is 10.0. The molecule has 74 heavy (non-hydrogen) atoms. The number of hydrogen-bond donors (Lipinski definition) is 0. The molecule has 0 aliphatic heterocycles. The van der Waals surface area contributed by atoms with E-state index in [0.717, 1.165) is 128 Å². The van der Waals surface area contributed by atoms with E-state index in [9.17, 15) is 26.3 Å². The van der Waals surface area contributed by atoms with Crippen LogP contribution in [0.25, 0.3) is 0 Å². The molecule has 446 valence electrons. The van der Waals surface area contributed by atoms with Crippen molar-refractivity contribution in [2.24, 2.45) is 0 Å². The van der Waals surface area contributed by atoms with Gasteiger partial charge in [-0.15, -0.1) is 23.2 Å². The van der Waals surface area contributed by atoms with Crippen molar-refractivity contribution >= 4 is 255 Å². The molecule has 30 heteroatoms. The van der Waals surface area contributed by atoms with Gasteiger partial charge in [0.05, 0.1) is 10.8 Å². The number of hydrogen-bond acceptors (Lipinski definition) is 2. The van der Waals surface area contributed by atoms with Crippen molar-refractivity contribution in [3.8, 4) is 0 Å². The number of unbranched alkanes of at least 4 members (excludes halogenated alkanes) is 24. The molecule has 0 aromatic carbocycles. The van der Waals surface area contributed by atoms with E-state index in [-0.39, 0.29) is 25.7 Å². The Morgan fingerprint density at radius 1 is 0.243 bits per heavy atom. The summed E-state index contributed by atoms with van der Waals surface area (Å²) in [6.45, 7) is 0. The molecule has 0 bridgehead atoms. The molecule has 2 unspecified atom stereocenters. The molecule has 0 aliphatic rings. The van der Waals surface area contributed by atoms with Crippen molar-refractivity contribution in [1.82, 2.24) is 0 Å². The summed E-state index contributed by atoms with van der Waals surface area (Å²) in [5.74, 6) is 0. The summed E-state index contributed by atoms with van der Waals surface area (Å²) in [6, 6.07) is 0. The Morgan fingerprint density at radius 2 is 0.419 bits per heavy atom. The maximum Gasteiger partial charge on any atom is 0.389 e. The van der Waals surface area contributed by atoms with Crippen molar-refractivity contribution in [3.63, 3.8) is 0 Å². The van der Waals surface area contributed by atoms with Crippen molar-refractivity contribution in [2.45, 2.75) is 259 Å². The van der Waals surface area contributed by atoms with E-state index in [0.29, 0.717) is 25.7 Å². The Bertz CT molecular complexity index is 1430. The van der Waals surface area contributed by atoms with E-state index < -0.39 is 79.7 Å². The van der Waals surface area contributed by atoms with Crippen LogP contribution in [0.4, 0.5) is 26.3 Å². The zero-order valence-corrected chi connectivity index (χ0v) is 56.4. The van der Waals surface area contributed by atoms with Gasteiger partial charge in [0.15, 0.2) is 26.0 Å². The highest BCUT2D eigenvalue weighted by atomic mass is 35.6. The van der Waals surface area contributed by atoms with E-state index in [1.807, 2.05) is 0 Å². The fourth-order valence-electron chi connectivity index (χ4n) is 7.33. The Hall–Kier alpha value is 5.88. The molecule has 0 aromatic heterocycles. The lowest BCUT2D eigenvalue weighted by Gasteiger charge is -2.51. The minimum Gasteiger partial charge on any atom is -0.190 e. The van der Waals surface area contributed by atoms with Crippen molar-refractivity contribution < 1.29 is 36.1 Å². The van der Waals surface area contributed by atoms with E-state index in [1.165, 1.54) is 0 Å². The quantitative estimate of drug-likeness (QED) is 0.0199. The molecule has 0 saturated carbocycles. The molecule has 0 aliphatic carbocycles. The number of halogens is 28. The fraction of sp³-hybridized carbons (Fsp3) is 1.00. The molecule has 0 saturated heterocycles. The van der Waals surface area contributed by atoms with Gasteiger partial charge in [0.2, 0.25) is 8.67 Å². The van der Waals surface area contributed by atoms with Gasteiger partial charge in [-0.2, -0.15) is 36.1 Å². The SMILES string of the molecule is FC(F)(F)CCCCCCCCCCCCCCCC(Cl)C(Cl)(Cl)C(Cl)(Cl)C(Cl)(Cl)C(Cl)(Cl)C(Cl)(Cl)OOC(Cl)(Cl)C(Cl)(Cl)C(Cl)(Cl)C(Cl)(Cl)C(Cl)(Cl)C(Cl)CCCCCCCCCCCCCCCC(F)(F)F. The summed E-state index contributed by atoms with van der Waals surface area (Å²) in [7, 11) is 0. The van der Waals surface area contributed by atoms with Crippen LogP contribution >= 0.6 is 255 Å². The van der Waals surface area contributed by atoms with Crippen LogP contribution in [0.1, 0.15) is 193 Å². The predicted molar refractivity (Wildman–Crippen MR) is 316 cm³/mol. The van der Waals surface area contributed by atoms with Gasteiger partial charge in [-0.05, 0) is 25.7 Å². The van der Waals surface area contributed by atoms with Crippen LogP contribution in [-0.4, -0.2) is 66.8 Å². The van der Waals surface area contributed by atoms with Crippen LogP contribution < -0.4 is 0 Å². The largest absolute Gasteiger partial charge is 0.389 e. The molecule has 2 atom stereocenters. The average Bonchev–Trinajstić information content (AvgIpc) is 3.26. The highest BCUT2D eigenvalue weighted by Crippen LogP contribution is 2.69. The molecule has 0 aromatic rings. The van der Waals surface area contributed by atoms with Gasteiger partial charge in [0.1, 0.15) is 0 Å². The molecule has 0 amide bonds. The first-order chi connectivity index (χ1) is 33.5. The minimum atomic E-state index is -4.09. The Balaban J connectivity index is 5.28. The summed E-state index contributed by atoms with van der Waals surface area (Å²) in [5.41, 5.74) is 0. The third-order valence-electron chi connectivity index (χ3n) is 12.0. The molecule has 0 heterocycles. The molecule has 2 nitrogen and oxygen atoms in total. The van der Waals surface area contributed by atoms with Gasteiger partial charge in [-0.3, -0.25) is 0 Å². The second-order valence-electron chi connectivity index (χ2n) is 18.3. The van der Waals surface area contributed by atoms with E-state index in [4.69, 9.17) is 265 Å². The Kier molecular flexibility index (Phi) is 38.5. The lowest BCUT2D eigenvalue weighted by molar-refractivity contribution is -0.345. The third kappa shape index (κ3) is 25.3. The van der Waals surface area contributed by atoms with Crippen molar-refractivity contribution in [1.29, 1.82) is 0 Å². The van der Waals surface area contributed by atoms with Crippen LogP contribution in [0.2, 0.25) is 0 Å². The molecular weight excluding hydrogens is 1450 g/mol. The van der Waals surface area contributed by atoms with E-state index >= 15 is 0 Å². The zero-order valence-electron chi connectivity index (χ0n) is 39.8. The van der Waals surface area contributed by atoms with Gasteiger partial charge in [0.25, 0.3) is 9.04 Å². The van der Waals surface area contributed by atoms with Gasteiger partial charge >= 0.3 is 12.4 Å². The van der Waals surface area contributed by atoms with Gasteiger partial charge in [-0.25, -0.2) is 0 Å². The minimum absolute atomic E-state index is 0.147. The Labute approximate surface area is 544 Å². The van der Waals surface area contributed by atoms with Gasteiger partial charge in [0, 0.05) is 12.8 Å². The van der Waals surface area contributed by atoms with Crippen LogP contribution in [-0.2, 0) is 9.78 Å². The maximum atomic E-state index is 12.3. The lowest BCUT2D eigenvalue weighted by Crippen LogP contribution is -2.66. The molecule has 0 radical (unpaired) electrons. The van der Waals surface area contributed by atoms with Crippen molar-refractivity contribution in [2.75, 3.05) is 0 Å². The lowest BCUT2D eigenvalue weighted by atomic mass is 10.0. The average molecular weight is 1520 g/mol. The molecule has 0 N–H and O–H groups in total. The smallest absolute Gasteiger partial charge is 0.190 e. The summed E-state index contributed by atoms with van der Waals surface area (Å²) in [6.07, 6.45) is 11.8. The second kappa shape index (κ2) is 35.6. The molecule has 0 fully saturated rings. The van der Waals surface area contributed by atoms with Crippen LogP contribution in [0.5, 0.6) is 0 Å². The number of rotatable bonds is 43. The van der Waals surface area contributed by atoms with Crippen LogP contribution in [0.3, 0.4) is 0 Å². The maximum absolute atomic E-state index is 12.3. The summed E-state index contributed by atoms with van der Waals surface area (Å²) >= 11 is 145. The van der Waals surface area contributed by atoms with Crippen LogP contribution in [0.15, 0.2) is 0 Å². The summed E-state index contributed by atoms with van der Waals surface area (Å²) in [5, 5.41) is -2.50. The highest BCUT2D eigenvalue weighted by Gasteiger charge is 2.78. The first-order valence-corrected chi connectivity index (χ1v) is 32.5. The molecular formula is C44H62Cl22F6O2. The standard InChI is InChI=1S/C44H62Cl22F6O2/c45-31(27-23-19-15-11-7-3-1-5-9-13-17-21-25-29-33(67,68)69)35(47,48)37(51,52)39(55,56)41(59,60)43(63,64)73-74-44(65,66)42(61,62)40(57,58)38(53,54)36(49,50)32(46)28-24-20-16-12-8-4-2-6-10-14-18-22-26-30-34(70,71)72/h31-32H,1-30H2. The van der Waals surface area contributed by atoms with E-state index in [2.05, 4.69) is 0 Å². The predicted octanol–water partition coefficient (Wildman–Crippen LogP) is 26.6. The first-order valence-electron chi connectivity index (χ1n) is 24.0. The normalized spacial score (nSPS) is 15.6. The van der Waals surface area contributed by atoms with E-state index in [1.54, 1.807) is 0 Å². The van der Waals surface area contributed by atoms with Crippen molar-refractivity contribution in [3.05, 3.63) is 0 Å². The highest BCUT2D eigenvalue weighted by molar-refractivity contribution is 6.78. The first kappa shape index (κ1) is 79.9. The third-order valence-corrected chi connectivity index (χ3v) is 27.0. The van der Waals surface area contributed by atoms with Crippen LogP contribution in [0, 0.1) is 0 Å². The van der Waals surface area contributed by atoms with Gasteiger partial charge < -0.3 is 0 Å². The number of alkyl halides is 28. The summed E-state index contributed by atoms with van der Waals surface area (Å²) < 4.78 is 44.1. The molecule has 0 rings (SSSR count).